The first-order valence-corrected chi connectivity index (χ1v) is 5.84. The summed E-state index contributed by atoms with van der Waals surface area (Å²) in [7, 11) is -1.06. The van der Waals surface area contributed by atoms with Crippen LogP contribution in [0.3, 0.4) is 0 Å². The second-order valence-corrected chi connectivity index (χ2v) is 6.49. The summed E-state index contributed by atoms with van der Waals surface area (Å²) in [5.41, 5.74) is 0. The zero-order valence-electron chi connectivity index (χ0n) is 5.98. The molecule has 0 aliphatic heterocycles. The van der Waals surface area contributed by atoms with Gasteiger partial charge in [-0.1, -0.05) is 29.4 Å². The van der Waals surface area contributed by atoms with Gasteiger partial charge < -0.3 is 4.43 Å². The fourth-order valence-electron chi connectivity index (χ4n) is 0.631. The third-order valence-corrected chi connectivity index (χ3v) is 4.80. The maximum Gasteiger partial charge on any atom is 0.214 e. The molecular weight excluding hydrogens is 196 g/mol. The van der Waals surface area contributed by atoms with E-state index in [2.05, 4.69) is 29.4 Å². The lowest BCUT2D eigenvalue weighted by atomic mass is 10.9. The fraction of sp³-hybridized carbons (Fsp3) is 0.667. The van der Waals surface area contributed by atoms with Crippen LogP contribution >= 0.6 is 15.9 Å². The highest BCUT2D eigenvalue weighted by atomic mass is 79.9. The Morgan fingerprint density at radius 1 is 1.67 bits per heavy atom. The van der Waals surface area contributed by atoms with Gasteiger partial charge in [0.15, 0.2) is 0 Å². The normalized spacial score (nSPS) is 13.2. The second kappa shape index (κ2) is 5.20. The SMILES string of the molecule is C=C(Br)[SiH](CC)OCC. The Hall–Kier alpha value is 0.397. The number of hydrogen-bond acceptors (Lipinski definition) is 1. The molecule has 54 valence electrons. The molecule has 0 aromatic carbocycles. The highest BCUT2D eigenvalue weighted by Crippen LogP contribution is 2.10. The van der Waals surface area contributed by atoms with Crippen molar-refractivity contribution in [1.29, 1.82) is 0 Å². The second-order valence-electron chi connectivity index (χ2n) is 1.80. The lowest BCUT2D eigenvalue weighted by Gasteiger charge is -2.09. The number of hydrogen-bond donors (Lipinski definition) is 0. The van der Waals surface area contributed by atoms with Crippen LogP contribution in [0.1, 0.15) is 13.8 Å². The average molecular weight is 209 g/mol. The number of halogens is 1. The van der Waals surface area contributed by atoms with Crippen LogP contribution in [-0.4, -0.2) is 15.6 Å². The molecule has 0 N–H and O–H groups in total. The monoisotopic (exact) mass is 208 g/mol. The Balaban J connectivity index is 3.54. The van der Waals surface area contributed by atoms with E-state index >= 15 is 0 Å². The van der Waals surface area contributed by atoms with Crippen molar-refractivity contribution in [3.63, 3.8) is 0 Å². The zero-order valence-corrected chi connectivity index (χ0v) is 8.73. The smallest absolute Gasteiger partial charge is 0.214 e. The highest BCUT2D eigenvalue weighted by Gasteiger charge is 2.08. The van der Waals surface area contributed by atoms with Crippen LogP contribution in [0.15, 0.2) is 10.7 Å². The molecule has 1 unspecified atom stereocenters. The quantitative estimate of drug-likeness (QED) is 0.645. The molecule has 0 heterocycles. The van der Waals surface area contributed by atoms with Crippen LogP contribution in [0, 0.1) is 0 Å². The van der Waals surface area contributed by atoms with E-state index < -0.39 is 9.04 Å². The maximum atomic E-state index is 5.45. The molecule has 0 saturated heterocycles. The van der Waals surface area contributed by atoms with Gasteiger partial charge in [0.25, 0.3) is 0 Å². The topological polar surface area (TPSA) is 9.23 Å². The summed E-state index contributed by atoms with van der Waals surface area (Å²) >= 11 is 3.34. The summed E-state index contributed by atoms with van der Waals surface area (Å²) in [5.74, 6) is 0. The van der Waals surface area contributed by atoms with Gasteiger partial charge in [-0.3, -0.25) is 0 Å². The first-order chi connectivity index (χ1) is 4.22. The Labute approximate surface area is 67.0 Å². The summed E-state index contributed by atoms with van der Waals surface area (Å²) in [4.78, 5) is 0. The lowest BCUT2D eigenvalue weighted by molar-refractivity contribution is 0.349. The van der Waals surface area contributed by atoms with Gasteiger partial charge >= 0.3 is 0 Å². The molecule has 0 rings (SSSR count). The summed E-state index contributed by atoms with van der Waals surface area (Å²) in [6.45, 7) is 8.77. The standard InChI is InChI=1S/C6H13BrOSi/c1-4-8-9(5-2)6(3)7/h9H,3-5H2,1-2H3. The molecule has 0 aliphatic carbocycles. The minimum atomic E-state index is -1.06. The van der Waals surface area contributed by atoms with Crippen molar-refractivity contribution >= 4 is 25.0 Å². The van der Waals surface area contributed by atoms with Gasteiger partial charge in [0.2, 0.25) is 9.04 Å². The molecule has 0 fully saturated rings. The lowest BCUT2D eigenvalue weighted by Crippen LogP contribution is -2.16. The van der Waals surface area contributed by atoms with Crippen LogP contribution in [0.25, 0.3) is 0 Å². The van der Waals surface area contributed by atoms with E-state index in [0.29, 0.717) is 0 Å². The van der Waals surface area contributed by atoms with Crippen molar-refractivity contribution in [3.8, 4) is 0 Å². The third-order valence-electron chi connectivity index (χ3n) is 1.09. The third kappa shape index (κ3) is 3.89. The minimum Gasteiger partial charge on any atom is -0.415 e. The molecule has 0 aromatic heterocycles. The molecule has 1 nitrogen and oxygen atoms in total. The first kappa shape index (κ1) is 9.40. The Morgan fingerprint density at radius 2 is 2.22 bits per heavy atom. The maximum absolute atomic E-state index is 5.45. The molecule has 0 amide bonds. The largest absolute Gasteiger partial charge is 0.415 e. The van der Waals surface area contributed by atoms with Crippen LogP contribution in [0.4, 0.5) is 0 Å². The van der Waals surface area contributed by atoms with Crippen molar-refractivity contribution in [1.82, 2.24) is 0 Å². The van der Waals surface area contributed by atoms with Gasteiger partial charge in [0, 0.05) is 10.7 Å². The molecule has 0 aromatic rings. The van der Waals surface area contributed by atoms with E-state index in [9.17, 15) is 0 Å². The van der Waals surface area contributed by atoms with Crippen LogP contribution in [0.5, 0.6) is 0 Å². The van der Waals surface area contributed by atoms with Crippen molar-refractivity contribution < 1.29 is 4.43 Å². The van der Waals surface area contributed by atoms with Crippen LogP contribution in [0.2, 0.25) is 6.04 Å². The van der Waals surface area contributed by atoms with E-state index in [1.807, 2.05) is 6.92 Å². The first-order valence-electron chi connectivity index (χ1n) is 3.18. The van der Waals surface area contributed by atoms with Crippen molar-refractivity contribution in [3.05, 3.63) is 10.7 Å². The summed E-state index contributed by atoms with van der Waals surface area (Å²) < 4.78 is 6.52. The molecule has 0 radical (unpaired) electrons. The predicted molar refractivity (Wildman–Crippen MR) is 47.3 cm³/mol. The van der Waals surface area contributed by atoms with Gasteiger partial charge in [-0.15, -0.1) is 0 Å². The van der Waals surface area contributed by atoms with E-state index in [1.54, 1.807) is 0 Å². The Morgan fingerprint density at radius 3 is 2.33 bits per heavy atom. The molecule has 0 bridgehead atoms. The predicted octanol–water partition coefficient (Wildman–Crippen LogP) is 2.21. The Bertz CT molecular complexity index is 95.1. The highest BCUT2D eigenvalue weighted by molar-refractivity contribution is 9.12. The number of rotatable bonds is 4. The molecular formula is C6H13BrOSi. The molecule has 3 heteroatoms. The molecule has 0 saturated carbocycles. The van der Waals surface area contributed by atoms with Gasteiger partial charge in [-0.25, -0.2) is 0 Å². The van der Waals surface area contributed by atoms with Crippen molar-refractivity contribution in [2.75, 3.05) is 6.61 Å². The van der Waals surface area contributed by atoms with E-state index in [4.69, 9.17) is 4.43 Å². The summed E-state index contributed by atoms with van der Waals surface area (Å²) in [5, 5.41) is 0. The Kier molecular flexibility index (Phi) is 5.43. The molecule has 9 heavy (non-hydrogen) atoms. The van der Waals surface area contributed by atoms with Gasteiger partial charge in [0.1, 0.15) is 0 Å². The summed E-state index contributed by atoms with van der Waals surface area (Å²) in [6.07, 6.45) is 0. The van der Waals surface area contributed by atoms with E-state index in [0.717, 1.165) is 16.8 Å². The molecule has 0 aliphatic rings. The molecule has 0 spiro atoms. The van der Waals surface area contributed by atoms with E-state index in [-0.39, 0.29) is 0 Å². The van der Waals surface area contributed by atoms with Crippen LogP contribution < -0.4 is 0 Å². The average Bonchev–Trinajstić information content (AvgIpc) is 1.82. The van der Waals surface area contributed by atoms with Crippen molar-refractivity contribution in [2.45, 2.75) is 19.9 Å². The van der Waals surface area contributed by atoms with Gasteiger partial charge in [-0.2, -0.15) is 0 Å². The van der Waals surface area contributed by atoms with E-state index in [1.165, 1.54) is 0 Å². The van der Waals surface area contributed by atoms with Crippen molar-refractivity contribution in [2.24, 2.45) is 0 Å². The van der Waals surface area contributed by atoms with Gasteiger partial charge in [-0.05, 0) is 13.0 Å². The fourth-order valence-corrected chi connectivity index (χ4v) is 3.26. The minimum absolute atomic E-state index is 0.815. The molecule has 1 atom stereocenters. The zero-order chi connectivity index (χ0) is 7.28. The van der Waals surface area contributed by atoms with Gasteiger partial charge in [0.05, 0.1) is 0 Å². The van der Waals surface area contributed by atoms with Crippen LogP contribution in [-0.2, 0) is 4.43 Å². The summed E-state index contributed by atoms with van der Waals surface area (Å²) in [6, 6.07) is 1.12.